The first-order valence-electron chi connectivity index (χ1n) is 13.1. The second-order valence-electron chi connectivity index (χ2n) is 10.2. The van der Waals surface area contributed by atoms with Crippen molar-refractivity contribution in [3.8, 4) is 0 Å². The molecule has 3 aromatic rings. The molecule has 5 atom stereocenters. The molecule has 0 saturated heterocycles. The number of benzene rings is 2. The van der Waals surface area contributed by atoms with Crippen LogP contribution in [0.5, 0.6) is 0 Å². The Morgan fingerprint density at radius 3 is 2.02 bits per heavy atom. The maximum atomic E-state index is 13.7. The average molecular weight is 552 g/mol. The average Bonchev–Trinajstić information content (AvgIpc) is 3.33. The number of aliphatic hydroxyl groups is 1. The quantitative estimate of drug-likeness (QED) is 0.164. The van der Waals surface area contributed by atoms with Gasteiger partial charge in [-0.25, -0.2) is 4.79 Å². The molecular formula is C29H37N5O6. The van der Waals surface area contributed by atoms with Crippen LogP contribution in [0.3, 0.4) is 0 Å². The number of hydrogen-bond donors (Lipinski definition) is 7. The minimum absolute atomic E-state index is 0.0670. The van der Waals surface area contributed by atoms with E-state index in [2.05, 4.69) is 20.9 Å². The van der Waals surface area contributed by atoms with E-state index in [4.69, 9.17) is 5.73 Å². The van der Waals surface area contributed by atoms with Crippen molar-refractivity contribution in [2.75, 3.05) is 0 Å². The fourth-order valence-corrected chi connectivity index (χ4v) is 4.32. The number of rotatable bonds is 13. The maximum absolute atomic E-state index is 13.7. The van der Waals surface area contributed by atoms with Gasteiger partial charge in [-0.2, -0.15) is 0 Å². The zero-order valence-electron chi connectivity index (χ0n) is 22.8. The number of nitrogens with one attached hydrogen (secondary N) is 4. The maximum Gasteiger partial charge on any atom is 0.326 e. The standard InChI is InChI=1S/C29H37N5O6/c1-16(2)25(29(39)40)34-27(37)22(13-18-9-5-4-6-10-18)32-26(36)23(33-28(38)24(30)17(3)35)14-19-15-31-21-12-8-7-11-20(19)21/h4-12,15-17,22-25,31,35H,13-14,30H2,1-3H3,(H,32,36)(H,33,38)(H,34,37)(H,39,40). The summed E-state index contributed by atoms with van der Waals surface area (Å²) in [5, 5.41) is 28.1. The van der Waals surface area contributed by atoms with Crippen molar-refractivity contribution in [3.63, 3.8) is 0 Å². The predicted molar refractivity (Wildman–Crippen MR) is 150 cm³/mol. The van der Waals surface area contributed by atoms with Gasteiger partial charge in [0.1, 0.15) is 24.2 Å². The lowest BCUT2D eigenvalue weighted by Gasteiger charge is -2.26. The molecule has 0 saturated carbocycles. The number of aromatic nitrogens is 1. The summed E-state index contributed by atoms with van der Waals surface area (Å²) in [5.74, 6) is -3.65. The summed E-state index contributed by atoms with van der Waals surface area (Å²) in [4.78, 5) is 54.6. The first-order valence-corrected chi connectivity index (χ1v) is 13.1. The van der Waals surface area contributed by atoms with Gasteiger partial charge in [-0.1, -0.05) is 62.4 Å². The number of para-hydroxylation sites is 1. The van der Waals surface area contributed by atoms with E-state index in [0.717, 1.165) is 22.0 Å². The summed E-state index contributed by atoms with van der Waals surface area (Å²) in [5.41, 5.74) is 8.15. The minimum atomic E-state index is -1.27. The minimum Gasteiger partial charge on any atom is -0.480 e. The zero-order valence-corrected chi connectivity index (χ0v) is 22.8. The van der Waals surface area contributed by atoms with Crippen LogP contribution >= 0.6 is 0 Å². The number of carbonyl (C=O) groups excluding carboxylic acids is 3. The number of fused-ring (bicyclic) bond motifs is 1. The van der Waals surface area contributed by atoms with Gasteiger partial charge in [0.2, 0.25) is 17.7 Å². The molecule has 1 aromatic heterocycles. The van der Waals surface area contributed by atoms with Crippen LogP contribution in [0.25, 0.3) is 10.9 Å². The number of carboxylic acids is 1. The topological polar surface area (TPSA) is 187 Å². The molecule has 2 aromatic carbocycles. The normalized spacial score (nSPS) is 15.1. The SMILES string of the molecule is CC(C)C(NC(=O)C(Cc1ccccc1)NC(=O)C(Cc1c[nH]c2ccccc12)NC(=O)C(N)C(C)O)C(=O)O. The Labute approximate surface area is 232 Å². The van der Waals surface area contributed by atoms with Gasteiger partial charge in [-0.15, -0.1) is 0 Å². The molecule has 0 aliphatic carbocycles. The Hall–Kier alpha value is -4.22. The monoisotopic (exact) mass is 551 g/mol. The molecule has 1 heterocycles. The molecule has 11 heteroatoms. The van der Waals surface area contributed by atoms with Crippen molar-refractivity contribution >= 4 is 34.6 Å². The Morgan fingerprint density at radius 2 is 1.40 bits per heavy atom. The fourth-order valence-electron chi connectivity index (χ4n) is 4.32. The van der Waals surface area contributed by atoms with E-state index in [1.54, 1.807) is 44.3 Å². The van der Waals surface area contributed by atoms with E-state index in [1.807, 2.05) is 30.3 Å². The lowest BCUT2D eigenvalue weighted by Crippen LogP contribution is -2.59. The molecule has 0 aliphatic rings. The summed E-state index contributed by atoms with van der Waals surface area (Å²) < 4.78 is 0. The van der Waals surface area contributed by atoms with Crippen molar-refractivity contribution in [1.29, 1.82) is 0 Å². The molecule has 0 bridgehead atoms. The highest BCUT2D eigenvalue weighted by Crippen LogP contribution is 2.19. The highest BCUT2D eigenvalue weighted by atomic mass is 16.4. The van der Waals surface area contributed by atoms with Gasteiger partial charge < -0.3 is 36.9 Å². The molecule has 5 unspecified atom stereocenters. The highest BCUT2D eigenvalue weighted by molar-refractivity contribution is 5.95. The van der Waals surface area contributed by atoms with Gasteiger partial charge in [0, 0.05) is 29.9 Å². The molecule has 0 aliphatic heterocycles. The van der Waals surface area contributed by atoms with Crippen molar-refractivity contribution in [2.24, 2.45) is 11.7 Å². The van der Waals surface area contributed by atoms with Crippen LogP contribution in [-0.2, 0) is 32.0 Å². The molecule has 3 amide bonds. The van der Waals surface area contributed by atoms with Crippen molar-refractivity contribution < 1.29 is 29.4 Å². The van der Waals surface area contributed by atoms with E-state index < -0.39 is 59.9 Å². The second kappa shape index (κ2) is 13.7. The van der Waals surface area contributed by atoms with Crippen molar-refractivity contribution in [2.45, 2.75) is 63.9 Å². The van der Waals surface area contributed by atoms with Crippen LogP contribution in [0.2, 0.25) is 0 Å². The second-order valence-corrected chi connectivity index (χ2v) is 10.2. The number of aliphatic hydroxyl groups excluding tert-OH is 1. The largest absolute Gasteiger partial charge is 0.480 e. The molecular weight excluding hydrogens is 514 g/mol. The van der Waals surface area contributed by atoms with Gasteiger partial charge in [-0.05, 0) is 30.0 Å². The third-order valence-corrected chi connectivity index (χ3v) is 6.70. The van der Waals surface area contributed by atoms with Crippen LogP contribution in [0.15, 0.2) is 60.8 Å². The van der Waals surface area contributed by atoms with E-state index in [1.165, 1.54) is 6.92 Å². The van der Waals surface area contributed by atoms with Crippen LogP contribution in [0.4, 0.5) is 0 Å². The van der Waals surface area contributed by atoms with Crippen LogP contribution in [0.1, 0.15) is 31.9 Å². The van der Waals surface area contributed by atoms with E-state index in [0.29, 0.717) is 0 Å². The number of nitrogens with two attached hydrogens (primary N) is 1. The smallest absolute Gasteiger partial charge is 0.326 e. The van der Waals surface area contributed by atoms with Crippen molar-refractivity contribution in [3.05, 3.63) is 71.9 Å². The van der Waals surface area contributed by atoms with Gasteiger partial charge in [-0.3, -0.25) is 14.4 Å². The summed E-state index contributed by atoms with van der Waals surface area (Å²) in [6.45, 7) is 4.71. The number of aliphatic carboxylic acids is 1. The van der Waals surface area contributed by atoms with Crippen LogP contribution < -0.4 is 21.7 Å². The van der Waals surface area contributed by atoms with Crippen molar-refractivity contribution in [1.82, 2.24) is 20.9 Å². The third kappa shape index (κ3) is 7.90. The Kier molecular flexibility index (Phi) is 10.4. The zero-order chi connectivity index (χ0) is 29.4. The van der Waals surface area contributed by atoms with E-state index in [-0.39, 0.29) is 12.8 Å². The molecule has 214 valence electrons. The number of carboxylic acid groups (broad SMARTS) is 1. The molecule has 0 radical (unpaired) electrons. The molecule has 0 spiro atoms. The summed E-state index contributed by atoms with van der Waals surface area (Å²) >= 11 is 0. The molecule has 8 N–H and O–H groups in total. The number of carbonyl (C=O) groups is 4. The predicted octanol–water partition coefficient (Wildman–Crippen LogP) is 0.856. The Balaban J connectivity index is 1.90. The lowest BCUT2D eigenvalue weighted by molar-refractivity contribution is -0.143. The molecule has 11 nitrogen and oxygen atoms in total. The number of hydrogen-bond acceptors (Lipinski definition) is 6. The van der Waals surface area contributed by atoms with Gasteiger partial charge in [0.05, 0.1) is 6.10 Å². The first kappa shape index (κ1) is 30.3. The van der Waals surface area contributed by atoms with Gasteiger partial charge in [0.15, 0.2) is 0 Å². The van der Waals surface area contributed by atoms with Crippen LogP contribution in [0, 0.1) is 5.92 Å². The van der Waals surface area contributed by atoms with Gasteiger partial charge >= 0.3 is 5.97 Å². The molecule has 0 fully saturated rings. The highest BCUT2D eigenvalue weighted by Gasteiger charge is 2.32. The summed E-state index contributed by atoms with van der Waals surface area (Å²) in [7, 11) is 0. The van der Waals surface area contributed by atoms with E-state index >= 15 is 0 Å². The summed E-state index contributed by atoms with van der Waals surface area (Å²) in [6, 6.07) is 11.7. The Bertz CT molecular complexity index is 1320. The first-order chi connectivity index (χ1) is 19.0. The molecule has 3 rings (SSSR count). The fraction of sp³-hybridized carbons (Fsp3) is 0.379. The number of H-pyrrole nitrogens is 1. The third-order valence-electron chi connectivity index (χ3n) is 6.70. The van der Waals surface area contributed by atoms with E-state index in [9.17, 15) is 29.4 Å². The lowest BCUT2D eigenvalue weighted by atomic mass is 10.00. The van der Waals surface area contributed by atoms with Gasteiger partial charge in [0.25, 0.3) is 0 Å². The molecule has 40 heavy (non-hydrogen) atoms. The Morgan fingerprint density at radius 1 is 0.825 bits per heavy atom. The number of aromatic amines is 1. The number of amides is 3. The summed E-state index contributed by atoms with van der Waals surface area (Å²) in [6.07, 6.45) is 0.735. The van der Waals surface area contributed by atoms with Crippen LogP contribution in [-0.4, -0.2) is 69.2 Å².